The summed E-state index contributed by atoms with van der Waals surface area (Å²) in [5, 5.41) is 18.5. The van der Waals surface area contributed by atoms with Gasteiger partial charge in [-0.3, -0.25) is 0 Å². The Morgan fingerprint density at radius 3 is 2.17 bits per heavy atom. The number of aliphatic carboxylic acids is 1. The number of ether oxygens (including phenoxy) is 3. The summed E-state index contributed by atoms with van der Waals surface area (Å²) in [7, 11) is 0. The normalized spacial score (nSPS) is 22.9. The van der Waals surface area contributed by atoms with Gasteiger partial charge in [-0.1, -0.05) is 52.0 Å². The number of hydrogen-bond donors (Lipinski definition) is 2. The van der Waals surface area contributed by atoms with E-state index in [2.05, 4.69) is 0 Å². The maximum Gasteiger partial charge on any atom is 0.348 e. The molecule has 0 aromatic heterocycles. The fraction of sp³-hybridized carbons (Fsp3) is 0.591. The molecule has 168 valence electrons. The van der Waals surface area contributed by atoms with Gasteiger partial charge < -0.3 is 24.4 Å². The highest BCUT2D eigenvalue weighted by atomic mass is 16.6. The van der Waals surface area contributed by atoms with E-state index in [0.717, 1.165) is 6.08 Å². The van der Waals surface area contributed by atoms with E-state index < -0.39 is 41.8 Å². The highest BCUT2D eigenvalue weighted by Crippen LogP contribution is 2.33. The average Bonchev–Trinajstić information content (AvgIpc) is 3.44. The molecule has 0 aromatic carbocycles. The lowest BCUT2D eigenvalue weighted by Crippen LogP contribution is -2.42. The standard InChI is InChI=1S/C22H32O8/c1-6-15(4)19(30-20(26)18(25)14(2)3)21(27)29-16(22(5)13-28-22)11-9-7-8-10-12-17(23)24/h7-12,14-16,18-19,25H,6,13H2,1-5H3,(H,23,24)/b8-7+,11-9-,12-10+/t15-,16+,18?,19+,22-/m0/s1. The number of aliphatic hydroxyl groups is 1. The van der Waals surface area contributed by atoms with Gasteiger partial charge in [0.15, 0.2) is 12.2 Å². The lowest BCUT2D eigenvalue weighted by molar-refractivity contribution is -0.181. The lowest BCUT2D eigenvalue weighted by atomic mass is 10.0. The number of esters is 2. The van der Waals surface area contributed by atoms with Crippen LogP contribution in [0, 0.1) is 11.8 Å². The molecule has 1 aliphatic rings. The molecule has 8 heteroatoms. The highest BCUT2D eigenvalue weighted by Gasteiger charge is 2.49. The summed E-state index contributed by atoms with van der Waals surface area (Å²) in [6, 6.07) is 0. The van der Waals surface area contributed by atoms with E-state index in [1.807, 2.05) is 6.92 Å². The number of carbonyl (C=O) groups excluding carboxylic acids is 2. The van der Waals surface area contributed by atoms with Crippen LogP contribution in [0.2, 0.25) is 0 Å². The minimum atomic E-state index is -1.33. The van der Waals surface area contributed by atoms with Crippen molar-refractivity contribution in [3.05, 3.63) is 36.5 Å². The maximum atomic E-state index is 12.8. The predicted molar refractivity (Wildman–Crippen MR) is 109 cm³/mol. The number of allylic oxidation sites excluding steroid dienone is 4. The second-order valence-electron chi connectivity index (χ2n) is 7.86. The van der Waals surface area contributed by atoms with Crippen molar-refractivity contribution < 1.29 is 38.8 Å². The molecule has 1 heterocycles. The largest absolute Gasteiger partial charge is 0.478 e. The van der Waals surface area contributed by atoms with E-state index in [0.29, 0.717) is 13.0 Å². The van der Waals surface area contributed by atoms with Gasteiger partial charge >= 0.3 is 17.9 Å². The summed E-state index contributed by atoms with van der Waals surface area (Å²) in [5.74, 6) is -3.28. The Labute approximate surface area is 177 Å². The minimum Gasteiger partial charge on any atom is -0.478 e. The number of hydrogen-bond acceptors (Lipinski definition) is 7. The van der Waals surface area contributed by atoms with Crippen molar-refractivity contribution in [2.24, 2.45) is 11.8 Å². The van der Waals surface area contributed by atoms with Crippen molar-refractivity contribution in [3.63, 3.8) is 0 Å². The number of epoxide rings is 1. The highest BCUT2D eigenvalue weighted by molar-refractivity contribution is 5.82. The summed E-state index contributed by atoms with van der Waals surface area (Å²) in [4.78, 5) is 35.4. The molecule has 30 heavy (non-hydrogen) atoms. The Kier molecular flexibility index (Phi) is 9.95. The van der Waals surface area contributed by atoms with Gasteiger partial charge in [0.25, 0.3) is 0 Å². The van der Waals surface area contributed by atoms with Gasteiger partial charge in [0.05, 0.1) is 6.61 Å². The van der Waals surface area contributed by atoms with E-state index in [1.165, 1.54) is 12.2 Å². The SMILES string of the molecule is CC[C@H](C)[C@@H](OC(=O)C(O)C(C)C)C(=O)O[C@H](\C=C/C=C/C=C/C(=O)O)[C@]1(C)CO1. The number of aliphatic hydroxyl groups excluding tert-OH is 1. The molecular weight excluding hydrogens is 392 g/mol. The Morgan fingerprint density at radius 2 is 1.67 bits per heavy atom. The molecule has 0 amide bonds. The first-order chi connectivity index (χ1) is 14.0. The second-order valence-corrected chi connectivity index (χ2v) is 7.86. The maximum absolute atomic E-state index is 12.8. The van der Waals surface area contributed by atoms with E-state index in [9.17, 15) is 19.5 Å². The molecule has 0 saturated carbocycles. The zero-order valence-corrected chi connectivity index (χ0v) is 18.1. The van der Waals surface area contributed by atoms with E-state index in [4.69, 9.17) is 19.3 Å². The number of carbonyl (C=O) groups is 3. The molecule has 5 atom stereocenters. The van der Waals surface area contributed by atoms with Crippen LogP contribution in [0.25, 0.3) is 0 Å². The molecule has 0 aromatic rings. The van der Waals surface area contributed by atoms with Crippen LogP contribution in [0.15, 0.2) is 36.5 Å². The second kappa shape index (κ2) is 11.7. The Hall–Kier alpha value is -2.45. The molecule has 1 aliphatic heterocycles. The minimum absolute atomic E-state index is 0.306. The summed E-state index contributed by atoms with van der Waals surface area (Å²) in [5.41, 5.74) is -0.682. The van der Waals surface area contributed by atoms with Crippen molar-refractivity contribution in [1.82, 2.24) is 0 Å². The van der Waals surface area contributed by atoms with Gasteiger partial charge in [-0.2, -0.15) is 0 Å². The fourth-order valence-electron chi connectivity index (χ4n) is 2.35. The van der Waals surface area contributed by atoms with Crippen LogP contribution in [-0.4, -0.2) is 58.6 Å². The molecule has 1 fully saturated rings. The smallest absolute Gasteiger partial charge is 0.348 e. The third kappa shape index (κ3) is 8.12. The lowest BCUT2D eigenvalue weighted by Gasteiger charge is -2.26. The van der Waals surface area contributed by atoms with E-state index in [1.54, 1.807) is 45.9 Å². The van der Waals surface area contributed by atoms with Crippen molar-refractivity contribution in [1.29, 1.82) is 0 Å². The van der Waals surface area contributed by atoms with Gasteiger partial charge in [0.2, 0.25) is 6.10 Å². The molecule has 0 aliphatic carbocycles. The summed E-state index contributed by atoms with van der Waals surface area (Å²) < 4.78 is 16.3. The zero-order valence-electron chi connectivity index (χ0n) is 18.1. The summed E-state index contributed by atoms with van der Waals surface area (Å²) >= 11 is 0. The molecule has 2 N–H and O–H groups in total. The summed E-state index contributed by atoms with van der Waals surface area (Å²) in [6.45, 7) is 9.16. The quantitative estimate of drug-likeness (QED) is 0.212. The number of carboxylic acids is 1. The van der Waals surface area contributed by atoms with Crippen molar-refractivity contribution >= 4 is 17.9 Å². The average molecular weight is 424 g/mol. The van der Waals surface area contributed by atoms with Crippen LogP contribution in [-0.2, 0) is 28.6 Å². The van der Waals surface area contributed by atoms with E-state index in [-0.39, 0.29) is 11.8 Å². The zero-order chi connectivity index (χ0) is 22.9. The topological polar surface area (TPSA) is 123 Å². The van der Waals surface area contributed by atoms with Crippen molar-refractivity contribution in [2.45, 2.75) is 65.0 Å². The monoisotopic (exact) mass is 424 g/mol. The van der Waals surface area contributed by atoms with Gasteiger partial charge in [-0.25, -0.2) is 14.4 Å². The molecular formula is C22H32O8. The molecule has 0 spiro atoms. The first-order valence-corrected chi connectivity index (χ1v) is 9.99. The molecule has 8 nitrogen and oxygen atoms in total. The van der Waals surface area contributed by atoms with Crippen LogP contribution in [0.1, 0.15) is 41.0 Å². The Balaban J connectivity index is 2.88. The van der Waals surface area contributed by atoms with E-state index >= 15 is 0 Å². The molecule has 1 saturated heterocycles. The number of carboxylic acid groups (broad SMARTS) is 1. The van der Waals surface area contributed by atoms with Crippen molar-refractivity contribution in [3.8, 4) is 0 Å². The van der Waals surface area contributed by atoms with Gasteiger partial charge in [0.1, 0.15) is 5.60 Å². The van der Waals surface area contributed by atoms with Crippen LogP contribution in [0.3, 0.4) is 0 Å². The van der Waals surface area contributed by atoms with Gasteiger partial charge in [-0.05, 0) is 25.3 Å². The third-order valence-electron chi connectivity index (χ3n) is 4.81. The van der Waals surface area contributed by atoms with Crippen molar-refractivity contribution in [2.75, 3.05) is 6.61 Å². The molecule has 0 radical (unpaired) electrons. The first-order valence-electron chi connectivity index (χ1n) is 9.99. The Morgan fingerprint density at radius 1 is 1.07 bits per heavy atom. The van der Waals surface area contributed by atoms with Crippen LogP contribution in [0.5, 0.6) is 0 Å². The molecule has 0 bridgehead atoms. The number of rotatable bonds is 12. The fourth-order valence-corrected chi connectivity index (χ4v) is 2.35. The first kappa shape index (κ1) is 25.6. The van der Waals surface area contributed by atoms with Crippen LogP contribution >= 0.6 is 0 Å². The van der Waals surface area contributed by atoms with Gasteiger partial charge in [0, 0.05) is 12.0 Å². The third-order valence-corrected chi connectivity index (χ3v) is 4.81. The molecule has 1 rings (SSSR count). The Bertz CT molecular complexity index is 687. The summed E-state index contributed by atoms with van der Waals surface area (Å²) in [6.07, 6.45) is 6.07. The van der Waals surface area contributed by atoms with Crippen LogP contribution < -0.4 is 0 Å². The van der Waals surface area contributed by atoms with Crippen LogP contribution in [0.4, 0.5) is 0 Å². The predicted octanol–water partition coefficient (Wildman–Crippen LogP) is 2.42. The van der Waals surface area contributed by atoms with Gasteiger partial charge in [-0.15, -0.1) is 0 Å². The molecule has 1 unspecified atom stereocenters.